The zero-order valence-electron chi connectivity index (χ0n) is 12.4. The second-order valence-electron chi connectivity index (χ2n) is 5.33. The molecule has 0 aliphatic heterocycles. The molecule has 0 nitrogen and oxygen atoms in total. The predicted octanol–water partition coefficient (Wildman–Crippen LogP) is 7.57. The van der Waals surface area contributed by atoms with E-state index < -0.39 is 0 Å². The molecule has 0 spiro atoms. The first kappa shape index (κ1) is 16.9. The molecule has 23 heavy (non-hydrogen) atoms. The Balaban J connectivity index is 2.02. The highest BCUT2D eigenvalue weighted by molar-refractivity contribution is 9.10. The van der Waals surface area contributed by atoms with E-state index in [0.717, 1.165) is 15.1 Å². The molecule has 116 valence electrons. The fourth-order valence-corrected chi connectivity index (χ4v) is 3.99. The van der Waals surface area contributed by atoms with Crippen LogP contribution in [-0.4, -0.2) is 0 Å². The molecule has 0 atom stereocenters. The highest BCUT2D eigenvalue weighted by Crippen LogP contribution is 2.37. The van der Waals surface area contributed by atoms with Crippen molar-refractivity contribution in [2.24, 2.45) is 0 Å². The zero-order chi connectivity index (χ0) is 16.2. The van der Waals surface area contributed by atoms with Crippen LogP contribution in [0, 0.1) is 0 Å². The van der Waals surface area contributed by atoms with Gasteiger partial charge in [0.1, 0.15) is 0 Å². The van der Waals surface area contributed by atoms with Gasteiger partial charge >= 0.3 is 0 Å². The van der Waals surface area contributed by atoms with Crippen LogP contribution in [0.25, 0.3) is 22.3 Å². The SMILES string of the molecule is BrCc1ccc(-c2cccc(-c3ccc(CBr)cc3)c2Br)cc1. The van der Waals surface area contributed by atoms with E-state index in [1.54, 1.807) is 0 Å². The predicted molar refractivity (Wildman–Crippen MR) is 110 cm³/mol. The van der Waals surface area contributed by atoms with Crippen molar-refractivity contribution in [1.29, 1.82) is 0 Å². The van der Waals surface area contributed by atoms with E-state index in [4.69, 9.17) is 0 Å². The van der Waals surface area contributed by atoms with E-state index in [-0.39, 0.29) is 0 Å². The molecule has 3 aromatic rings. The lowest BCUT2D eigenvalue weighted by Crippen LogP contribution is -1.86. The summed E-state index contributed by atoms with van der Waals surface area (Å²) in [4.78, 5) is 0. The highest BCUT2D eigenvalue weighted by atomic mass is 79.9. The minimum Gasteiger partial charge on any atom is -0.0876 e. The first-order valence-corrected chi connectivity index (χ1v) is 10.4. The molecule has 0 N–H and O–H groups in total. The summed E-state index contributed by atoms with van der Waals surface area (Å²) in [5.74, 6) is 0. The molecular weight excluding hydrogens is 480 g/mol. The molecule has 3 rings (SSSR count). The number of rotatable bonds is 4. The largest absolute Gasteiger partial charge is 0.0876 e. The van der Waals surface area contributed by atoms with Gasteiger partial charge in [-0.2, -0.15) is 0 Å². The minimum atomic E-state index is 0.883. The number of alkyl halides is 2. The Kier molecular flexibility index (Phi) is 5.73. The number of benzene rings is 3. The Hall–Kier alpha value is -0.900. The van der Waals surface area contributed by atoms with Gasteiger partial charge in [0.25, 0.3) is 0 Å². The standard InChI is InChI=1S/C20H15Br3/c21-12-14-4-8-16(9-5-14)18-2-1-3-19(20(18)23)17-10-6-15(13-22)7-11-17/h1-11H,12-13H2. The Labute approximate surface area is 162 Å². The summed E-state index contributed by atoms with van der Waals surface area (Å²) in [6, 6.07) is 23.8. The molecule has 3 heteroatoms. The summed E-state index contributed by atoms with van der Waals surface area (Å²) in [6.45, 7) is 0. The van der Waals surface area contributed by atoms with Gasteiger partial charge in [-0.1, -0.05) is 98.6 Å². The molecule has 3 aromatic carbocycles. The van der Waals surface area contributed by atoms with Crippen molar-refractivity contribution in [3.8, 4) is 22.3 Å². The number of hydrogen-bond acceptors (Lipinski definition) is 0. The van der Waals surface area contributed by atoms with Crippen LogP contribution in [0.1, 0.15) is 11.1 Å². The average Bonchev–Trinajstić information content (AvgIpc) is 2.62. The normalized spacial score (nSPS) is 10.7. The lowest BCUT2D eigenvalue weighted by molar-refractivity contribution is 1.42. The third-order valence-corrected chi connectivity index (χ3v) is 5.99. The van der Waals surface area contributed by atoms with Crippen LogP contribution in [0.2, 0.25) is 0 Å². The van der Waals surface area contributed by atoms with Crippen molar-refractivity contribution >= 4 is 47.8 Å². The second-order valence-corrected chi connectivity index (χ2v) is 7.24. The quantitative estimate of drug-likeness (QED) is 0.328. The molecule has 0 saturated carbocycles. The zero-order valence-corrected chi connectivity index (χ0v) is 17.2. The van der Waals surface area contributed by atoms with Crippen molar-refractivity contribution in [1.82, 2.24) is 0 Å². The maximum atomic E-state index is 3.81. The van der Waals surface area contributed by atoms with E-state index in [0.29, 0.717) is 0 Å². The van der Waals surface area contributed by atoms with Gasteiger partial charge in [-0.25, -0.2) is 0 Å². The van der Waals surface area contributed by atoms with E-state index in [2.05, 4.69) is 115 Å². The Bertz CT molecular complexity index is 724. The maximum absolute atomic E-state index is 3.81. The molecule has 0 bridgehead atoms. The van der Waals surface area contributed by atoms with E-state index in [1.165, 1.54) is 33.4 Å². The van der Waals surface area contributed by atoms with Crippen LogP contribution >= 0.6 is 47.8 Å². The first-order valence-electron chi connectivity index (χ1n) is 7.32. The van der Waals surface area contributed by atoms with Crippen LogP contribution < -0.4 is 0 Å². The average molecular weight is 495 g/mol. The first-order chi connectivity index (χ1) is 11.2. The van der Waals surface area contributed by atoms with Crippen molar-refractivity contribution in [3.05, 3.63) is 82.3 Å². The highest BCUT2D eigenvalue weighted by Gasteiger charge is 2.09. The van der Waals surface area contributed by atoms with E-state index in [9.17, 15) is 0 Å². The van der Waals surface area contributed by atoms with Crippen LogP contribution in [0.4, 0.5) is 0 Å². The van der Waals surface area contributed by atoms with Gasteiger partial charge in [0.05, 0.1) is 0 Å². The summed E-state index contributed by atoms with van der Waals surface area (Å²) in [6.07, 6.45) is 0. The molecular formula is C20H15Br3. The molecule has 0 aromatic heterocycles. The molecule has 0 aliphatic rings. The fourth-order valence-electron chi connectivity index (χ4n) is 2.52. The van der Waals surface area contributed by atoms with Gasteiger partial charge in [-0.3, -0.25) is 0 Å². The third-order valence-electron chi connectivity index (χ3n) is 3.84. The van der Waals surface area contributed by atoms with Crippen molar-refractivity contribution in [2.45, 2.75) is 10.7 Å². The van der Waals surface area contributed by atoms with Gasteiger partial charge < -0.3 is 0 Å². The van der Waals surface area contributed by atoms with Gasteiger partial charge in [0, 0.05) is 15.1 Å². The molecule has 0 amide bonds. The molecule has 0 fully saturated rings. The Morgan fingerprint density at radius 2 is 0.957 bits per heavy atom. The molecule has 0 unspecified atom stereocenters. The van der Waals surface area contributed by atoms with Crippen molar-refractivity contribution in [2.75, 3.05) is 0 Å². The molecule has 0 aliphatic carbocycles. The van der Waals surface area contributed by atoms with Crippen LogP contribution in [-0.2, 0) is 10.7 Å². The van der Waals surface area contributed by atoms with Crippen molar-refractivity contribution < 1.29 is 0 Å². The van der Waals surface area contributed by atoms with E-state index in [1.807, 2.05) is 0 Å². The maximum Gasteiger partial charge on any atom is 0.0332 e. The summed E-state index contributed by atoms with van der Waals surface area (Å²) >= 11 is 10.8. The van der Waals surface area contributed by atoms with Gasteiger partial charge in [-0.15, -0.1) is 0 Å². The summed E-state index contributed by atoms with van der Waals surface area (Å²) in [5.41, 5.74) is 7.44. The van der Waals surface area contributed by atoms with Crippen molar-refractivity contribution in [3.63, 3.8) is 0 Å². The fraction of sp³-hybridized carbons (Fsp3) is 0.100. The Morgan fingerprint density at radius 1 is 0.565 bits per heavy atom. The number of hydrogen-bond donors (Lipinski definition) is 0. The summed E-state index contributed by atoms with van der Waals surface area (Å²) < 4.78 is 1.14. The smallest absolute Gasteiger partial charge is 0.0332 e. The Morgan fingerprint density at radius 3 is 1.30 bits per heavy atom. The lowest BCUT2D eigenvalue weighted by Gasteiger charge is -2.11. The minimum absolute atomic E-state index is 0.883. The molecule has 0 saturated heterocycles. The second kappa shape index (κ2) is 7.78. The van der Waals surface area contributed by atoms with Crippen LogP contribution in [0.3, 0.4) is 0 Å². The third kappa shape index (κ3) is 3.78. The van der Waals surface area contributed by atoms with Crippen LogP contribution in [0.15, 0.2) is 71.2 Å². The lowest BCUT2D eigenvalue weighted by atomic mass is 9.98. The van der Waals surface area contributed by atoms with Gasteiger partial charge in [0.2, 0.25) is 0 Å². The van der Waals surface area contributed by atoms with E-state index >= 15 is 0 Å². The molecule has 0 heterocycles. The topological polar surface area (TPSA) is 0 Å². The van der Waals surface area contributed by atoms with Crippen LogP contribution in [0.5, 0.6) is 0 Å². The summed E-state index contributed by atoms with van der Waals surface area (Å²) in [5, 5.41) is 1.77. The van der Waals surface area contributed by atoms with Gasteiger partial charge in [0.15, 0.2) is 0 Å². The monoisotopic (exact) mass is 492 g/mol. The number of halogens is 3. The van der Waals surface area contributed by atoms with Gasteiger partial charge in [-0.05, 0) is 49.3 Å². The summed E-state index contributed by atoms with van der Waals surface area (Å²) in [7, 11) is 0. The molecule has 0 radical (unpaired) electrons.